The minimum atomic E-state index is -3.41. The molecule has 3 rings (SSSR count). The second-order valence-electron chi connectivity index (χ2n) is 9.59. The Labute approximate surface area is 215 Å². The van der Waals surface area contributed by atoms with Crippen LogP contribution in [0.1, 0.15) is 65.6 Å². The number of carbonyl (C=O) groups excluding carboxylic acids is 1. The summed E-state index contributed by atoms with van der Waals surface area (Å²) in [5, 5.41) is 19.6. The van der Waals surface area contributed by atoms with Crippen molar-refractivity contribution in [3.8, 4) is 0 Å². The predicted molar refractivity (Wildman–Crippen MR) is 138 cm³/mol. The van der Waals surface area contributed by atoms with E-state index in [1.54, 1.807) is 18.2 Å². The first-order valence-electron chi connectivity index (χ1n) is 12.6. The van der Waals surface area contributed by atoms with Gasteiger partial charge in [-0.25, -0.2) is 4.79 Å². The average molecular weight is 520 g/mol. The van der Waals surface area contributed by atoms with E-state index >= 15 is 0 Å². The molecule has 0 radical (unpaired) electrons. The molecule has 5 nitrogen and oxygen atoms in total. The fraction of sp³-hybridized carbons (Fsp3) is 0.500. The summed E-state index contributed by atoms with van der Waals surface area (Å²) in [5.74, 6) is -5.60. The summed E-state index contributed by atoms with van der Waals surface area (Å²) in [6.07, 6.45) is 7.70. The van der Waals surface area contributed by atoms with Gasteiger partial charge in [0.1, 0.15) is 4.88 Å². The third-order valence-electron chi connectivity index (χ3n) is 6.72. The van der Waals surface area contributed by atoms with Crippen LogP contribution in [0.25, 0.3) is 0 Å². The Hall–Kier alpha value is -2.58. The predicted octanol–water partition coefficient (Wildman–Crippen LogP) is 5.97. The van der Waals surface area contributed by atoms with Crippen molar-refractivity contribution in [2.45, 2.75) is 76.4 Å². The number of aliphatic hydroxyl groups is 1. The van der Waals surface area contributed by atoms with Crippen molar-refractivity contribution in [3.63, 3.8) is 0 Å². The van der Waals surface area contributed by atoms with Gasteiger partial charge in [-0.3, -0.25) is 4.79 Å². The molecule has 36 heavy (non-hydrogen) atoms. The maximum atomic E-state index is 14.2. The minimum Gasteiger partial charge on any atom is -0.477 e. The number of halogens is 2. The highest BCUT2D eigenvalue weighted by atomic mass is 32.1. The van der Waals surface area contributed by atoms with Gasteiger partial charge in [-0.2, -0.15) is 8.78 Å². The van der Waals surface area contributed by atoms with Gasteiger partial charge < -0.3 is 15.1 Å². The number of carboxylic acid groups (broad SMARTS) is 1. The summed E-state index contributed by atoms with van der Waals surface area (Å²) < 4.78 is 28.3. The van der Waals surface area contributed by atoms with Crippen molar-refractivity contribution in [2.24, 2.45) is 5.92 Å². The molecule has 1 saturated heterocycles. The smallest absolute Gasteiger partial charge is 0.345 e. The second-order valence-corrected chi connectivity index (χ2v) is 10.8. The van der Waals surface area contributed by atoms with Crippen molar-refractivity contribution in [2.75, 3.05) is 6.54 Å². The normalized spacial score (nSPS) is 19.2. The number of carbonyl (C=O) groups is 2. The van der Waals surface area contributed by atoms with Gasteiger partial charge in [-0.1, -0.05) is 62.2 Å². The lowest BCUT2D eigenvalue weighted by Gasteiger charge is -2.22. The fourth-order valence-electron chi connectivity index (χ4n) is 4.53. The number of aromatic carboxylic acids is 1. The number of benzene rings is 1. The number of rotatable bonds is 14. The zero-order chi connectivity index (χ0) is 26.1. The fourth-order valence-corrected chi connectivity index (χ4v) is 5.42. The van der Waals surface area contributed by atoms with Crippen molar-refractivity contribution in [1.29, 1.82) is 0 Å². The van der Waals surface area contributed by atoms with E-state index < -0.39 is 36.4 Å². The molecule has 0 aliphatic carbocycles. The molecule has 196 valence electrons. The number of aliphatic hydroxyl groups excluding tert-OH is 1. The van der Waals surface area contributed by atoms with Gasteiger partial charge in [0.25, 0.3) is 5.91 Å². The Morgan fingerprint density at radius 2 is 1.89 bits per heavy atom. The van der Waals surface area contributed by atoms with Gasteiger partial charge in [0, 0.05) is 17.8 Å². The lowest BCUT2D eigenvalue weighted by Crippen LogP contribution is -2.36. The van der Waals surface area contributed by atoms with Gasteiger partial charge in [0.15, 0.2) is 0 Å². The first-order valence-corrected chi connectivity index (χ1v) is 13.4. The molecule has 0 saturated carbocycles. The molecule has 1 aliphatic rings. The number of unbranched alkanes of at least 4 members (excludes halogenated alkanes) is 2. The van der Waals surface area contributed by atoms with E-state index in [0.717, 1.165) is 48.3 Å². The largest absolute Gasteiger partial charge is 0.477 e. The summed E-state index contributed by atoms with van der Waals surface area (Å²) in [5.41, 5.74) is 1.32. The van der Waals surface area contributed by atoms with Crippen LogP contribution in [0.15, 0.2) is 54.6 Å². The number of nitrogens with zero attached hydrogens (tertiary/aromatic N) is 1. The van der Waals surface area contributed by atoms with E-state index in [-0.39, 0.29) is 17.3 Å². The van der Waals surface area contributed by atoms with Gasteiger partial charge in [0.2, 0.25) is 0 Å². The summed E-state index contributed by atoms with van der Waals surface area (Å²) in [6, 6.07) is 12.8. The lowest BCUT2D eigenvalue weighted by molar-refractivity contribution is -0.148. The summed E-state index contributed by atoms with van der Waals surface area (Å²) in [7, 11) is 0. The SMILES string of the molecule is C[C@@H](CCCCCc1ccccc1)[C@@H](O)/C=C/[C@H]1CC(F)(F)C(=O)N1CCCc1ccc(C(=O)O)s1. The minimum absolute atomic E-state index is 0.00806. The molecule has 1 fully saturated rings. The molecular weight excluding hydrogens is 484 g/mol. The number of hydrogen-bond donors (Lipinski definition) is 2. The van der Waals surface area contributed by atoms with Crippen molar-refractivity contribution >= 4 is 23.2 Å². The Balaban J connectivity index is 1.44. The zero-order valence-corrected chi connectivity index (χ0v) is 21.4. The van der Waals surface area contributed by atoms with Gasteiger partial charge >= 0.3 is 11.9 Å². The first kappa shape index (κ1) is 28.0. The van der Waals surface area contributed by atoms with Gasteiger partial charge in [-0.15, -0.1) is 11.3 Å². The second kappa shape index (κ2) is 13.1. The van der Waals surface area contributed by atoms with Crippen LogP contribution in [0.2, 0.25) is 0 Å². The quantitative estimate of drug-likeness (QED) is 0.238. The van der Waals surface area contributed by atoms with Crippen molar-refractivity contribution in [3.05, 3.63) is 69.9 Å². The number of carboxylic acids is 1. The van der Waals surface area contributed by atoms with Crippen LogP contribution >= 0.6 is 11.3 Å². The highest BCUT2D eigenvalue weighted by Gasteiger charge is 2.52. The van der Waals surface area contributed by atoms with Crippen LogP contribution in [0.4, 0.5) is 8.78 Å². The molecule has 3 atom stereocenters. The monoisotopic (exact) mass is 519 g/mol. The number of likely N-dealkylation sites (tertiary alicyclic amines) is 1. The Kier molecular flexibility index (Phi) is 10.2. The Morgan fingerprint density at radius 1 is 1.14 bits per heavy atom. The topological polar surface area (TPSA) is 77.8 Å². The molecule has 1 aromatic heterocycles. The van der Waals surface area contributed by atoms with Crippen LogP contribution in [0.5, 0.6) is 0 Å². The maximum Gasteiger partial charge on any atom is 0.345 e. The van der Waals surface area contributed by atoms with Crippen molar-refractivity contribution < 1.29 is 28.6 Å². The number of hydrogen-bond acceptors (Lipinski definition) is 4. The molecule has 1 aromatic carbocycles. The summed E-state index contributed by atoms with van der Waals surface area (Å²) in [6.45, 7) is 2.10. The van der Waals surface area contributed by atoms with Crippen LogP contribution in [0.3, 0.4) is 0 Å². The highest BCUT2D eigenvalue weighted by molar-refractivity contribution is 7.13. The molecule has 2 aromatic rings. The van der Waals surface area contributed by atoms with Crippen LogP contribution in [-0.4, -0.2) is 51.6 Å². The number of alkyl halides is 2. The number of thiophene rings is 1. The van der Waals surface area contributed by atoms with E-state index in [4.69, 9.17) is 5.11 Å². The molecule has 1 amide bonds. The van der Waals surface area contributed by atoms with Gasteiger partial charge in [-0.05, 0) is 55.7 Å². The highest BCUT2D eigenvalue weighted by Crippen LogP contribution is 2.34. The van der Waals surface area contributed by atoms with E-state index in [1.165, 1.54) is 16.5 Å². The van der Waals surface area contributed by atoms with E-state index in [0.29, 0.717) is 12.8 Å². The van der Waals surface area contributed by atoms with E-state index in [1.807, 2.05) is 25.1 Å². The van der Waals surface area contributed by atoms with Crippen molar-refractivity contribution in [1.82, 2.24) is 4.90 Å². The van der Waals surface area contributed by atoms with Crippen LogP contribution in [-0.2, 0) is 17.6 Å². The maximum absolute atomic E-state index is 14.2. The Bertz CT molecular complexity index is 1020. The number of aryl methyl sites for hydroxylation is 2. The molecule has 0 unspecified atom stereocenters. The molecule has 1 aliphatic heterocycles. The first-order chi connectivity index (χ1) is 17.2. The van der Waals surface area contributed by atoms with E-state index in [9.17, 15) is 23.5 Å². The lowest BCUT2D eigenvalue weighted by atomic mass is 9.95. The zero-order valence-electron chi connectivity index (χ0n) is 20.6. The summed E-state index contributed by atoms with van der Waals surface area (Å²) >= 11 is 1.15. The average Bonchev–Trinajstić information content (AvgIpc) is 3.41. The number of amides is 1. The Morgan fingerprint density at radius 3 is 2.58 bits per heavy atom. The third kappa shape index (κ3) is 7.96. The van der Waals surface area contributed by atoms with Crippen LogP contribution in [0, 0.1) is 5.92 Å². The van der Waals surface area contributed by atoms with Crippen LogP contribution < -0.4 is 0 Å². The molecule has 0 bridgehead atoms. The summed E-state index contributed by atoms with van der Waals surface area (Å²) in [4.78, 5) is 25.5. The van der Waals surface area contributed by atoms with E-state index in [2.05, 4.69) is 12.1 Å². The van der Waals surface area contributed by atoms with Gasteiger partial charge in [0.05, 0.1) is 12.1 Å². The standard InChI is InChI=1S/C28H35F2NO4S/c1-20(9-4-2-5-10-21-11-6-3-7-12-21)24(32)16-14-22-19-28(29,30)27(35)31(22)18-8-13-23-15-17-25(36-23)26(33)34/h3,6-7,11-12,14-17,20,22,24,32H,2,4-5,8-10,13,18-19H2,1H3,(H,33,34)/b16-14+/t20-,22-,24-/m0/s1. The third-order valence-corrected chi connectivity index (χ3v) is 7.85. The molecule has 2 heterocycles. The molecular formula is C28H35F2NO4S. The molecule has 0 spiro atoms. The molecule has 8 heteroatoms. The molecule has 2 N–H and O–H groups in total.